The number of nitrogens with zero attached hydrogens (tertiary/aromatic N) is 2. The second-order valence-electron chi connectivity index (χ2n) is 18.5. The molecular formula is C55H72N2O. The van der Waals surface area contributed by atoms with Gasteiger partial charge in [0, 0.05) is 22.7 Å². The lowest BCUT2D eigenvalue weighted by molar-refractivity contribution is 0.247. The number of fused-ring (bicyclic) bond motifs is 4. The number of benzene rings is 4. The minimum absolute atomic E-state index is 0.547. The summed E-state index contributed by atoms with van der Waals surface area (Å²) >= 11 is 0. The van der Waals surface area contributed by atoms with Crippen LogP contribution in [0.2, 0.25) is 0 Å². The molecule has 0 N–H and O–H groups in total. The van der Waals surface area contributed by atoms with Crippen molar-refractivity contribution in [3.05, 3.63) is 146 Å². The van der Waals surface area contributed by atoms with Crippen molar-refractivity contribution >= 4 is 21.8 Å². The van der Waals surface area contributed by atoms with Crippen molar-refractivity contribution in [1.82, 2.24) is 9.97 Å². The molecule has 3 heterocycles. The van der Waals surface area contributed by atoms with Gasteiger partial charge in [0.15, 0.2) is 0 Å². The van der Waals surface area contributed by atoms with Gasteiger partial charge < -0.3 is 4.74 Å². The minimum Gasteiger partial charge on any atom is -0.493 e. The van der Waals surface area contributed by atoms with Crippen LogP contribution in [0.5, 0.6) is 5.75 Å². The second kappa shape index (κ2) is 20.0. The van der Waals surface area contributed by atoms with Crippen molar-refractivity contribution in [3.63, 3.8) is 0 Å². The van der Waals surface area contributed by atoms with Gasteiger partial charge in [0.25, 0.3) is 0 Å². The van der Waals surface area contributed by atoms with Gasteiger partial charge in [0.05, 0.1) is 17.6 Å². The van der Waals surface area contributed by atoms with Crippen LogP contribution < -0.4 is 4.74 Å². The molecule has 58 heavy (non-hydrogen) atoms. The second-order valence-corrected chi connectivity index (χ2v) is 18.5. The zero-order valence-corrected chi connectivity index (χ0v) is 38.4. The lowest BCUT2D eigenvalue weighted by Crippen LogP contribution is -2.18. The Kier molecular flexibility index (Phi) is 15.4. The Hall–Kier alpha value is -4.50. The smallest absolute Gasteiger partial charge is 0.122 e. The summed E-state index contributed by atoms with van der Waals surface area (Å²) in [6.45, 7) is 31.9. The Morgan fingerprint density at radius 1 is 0.586 bits per heavy atom. The average Bonchev–Trinajstić information content (AvgIpc) is 3.17. The van der Waals surface area contributed by atoms with Crippen molar-refractivity contribution in [2.24, 2.45) is 11.8 Å². The van der Waals surface area contributed by atoms with Crippen molar-refractivity contribution in [2.45, 2.75) is 146 Å². The fraction of sp³-hybridized carbons (Fsp3) is 0.455. The van der Waals surface area contributed by atoms with E-state index in [1.54, 1.807) is 11.1 Å². The molecule has 4 aromatic carbocycles. The summed E-state index contributed by atoms with van der Waals surface area (Å²) < 4.78 is 5.66. The van der Waals surface area contributed by atoms with Crippen LogP contribution in [0.3, 0.4) is 0 Å². The number of aryl methyl sites for hydroxylation is 7. The lowest BCUT2D eigenvalue weighted by atomic mass is 9.76. The molecule has 3 nitrogen and oxygen atoms in total. The van der Waals surface area contributed by atoms with Gasteiger partial charge in [0.2, 0.25) is 0 Å². The first kappa shape index (κ1) is 44.6. The molecule has 0 amide bonds. The summed E-state index contributed by atoms with van der Waals surface area (Å²) in [6, 6.07) is 28.7. The maximum Gasteiger partial charge on any atom is 0.122 e. The normalized spacial score (nSPS) is 15.8. The quantitative estimate of drug-likeness (QED) is 0.179. The molecule has 2 atom stereocenters. The van der Waals surface area contributed by atoms with Crippen LogP contribution in [0.25, 0.3) is 21.8 Å². The minimum atomic E-state index is 0.547. The predicted molar refractivity (Wildman–Crippen MR) is 251 cm³/mol. The van der Waals surface area contributed by atoms with Gasteiger partial charge in [0.1, 0.15) is 5.75 Å². The standard InChI is InChI=1S/C15H19N.C14H20.C13H15N.C13H18O/c1-9(2)13-8-12(5)16-15-11(4)6-10(3)7-14(13)15;1-10(2)13-6-4-5-12-8-7-11(3)9-14(12)13;1-9(2)11-5-4-6-13-12(11)7-10(3)8-14-13;1-9(2)11-6-7-14-13-5-4-10(3)8-12(11)13/h6-9H,1-5H3;7-10,13H,4-6H2,1-3H3;4-9H,1-3H3;4-5,8-9,11H,6-7H2,1-3H3. The summed E-state index contributed by atoms with van der Waals surface area (Å²) in [5.74, 6) is 5.18. The molecule has 308 valence electrons. The third-order valence-electron chi connectivity index (χ3n) is 12.1. The van der Waals surface area contributed by atoms with E-state index in [0.29, 0.717) is 23.7 Å². The Morgan fingerprint density at radius 3 is 1.90 bits per heavy atom. The van der Waals surface area contributed by atoms with Gasteiger partial charge in [-0.2, -0.15) is 0 Å². The number of rotatable bonds is 4. The predicted octanol–water partition coefficient (Wildman–Crippen LogP) is 15.5. The topological polar surface area (TPSA) is 35.0 Å². The zero-order chi connectivity index (χ0) is 42.3. The number of aromatic nitrogens is 2. The van der Waals surface area contributed by atoms with E-state index in [9.17, 15) is 0 Å². The molecule has 2 aromatic heterocycles. The largest absolute Gasteiger partial charge is 0.493 e. The van der Waals surface area contributed by atoms with Gasteiger partial charge in [-0.25, -0.2) is 0 Å². The third-order valence-corrected chi connectivity index (χ3v) is 12.1. The average molecular weight is 777 g/mol. The Bertz CT molecular complexity index is 2230. The maximum atomic E-state index is 5.66. The molecule has 3 heteroatoms. The molecule has 1 aliphatic carbocycles. The van der Waals surface area contributed by atoms with Crippen LogP contribution in [-0.4, -0.2) is 16.6 Å². The summed E-state index contributed by atoms with van der Waals surface area (Å²) in [4.78, 5) is 9.08. The van der Waals surface area contributed by atoms with Gasteiger partial charge >= 0.3 is 0 Å². The number of hydrogen-bond donors (Lipinski definition) is 0. The molecule has 0 radical (unpaired) electrons. The van der Waals surface area contributed by atoms with E-state index in [2.05, 4.69) is 186 Å². The highest BCUT2D eigenvalue weighted by Gasteiger charge is 2.24. The van der Waals surface area contributed by atoms with Gasteiger partial charge in [-0.1, -0.05) is 121 Å². The highest BCUT2D eigenvalue weighted by Crippen LogP contribution is 2.39. The first-order valence-electron chi connectivity index (χ1n) is 22.1. The molecule has 0 saturated heterocycles. The van der Waals surface area contributed by atoms with Crippen LogP contribution in [0, 0.1) is 53.4 Å². The van der Waals surface area contributed by atoms with Gasteiger partial charge in [-0.3, -0.25) is 9.97 Å². The maximum absolute atomic E-state index is 5.66. The highest BCUT2D eigenvalue weighted by atomic mass is 16.5. The van der Waals surface area contributed by atoms with E-state index in [4.69, 9.17) is 4.74 Å². The number of pyridine rings is 2. The summed E-state index contributed by atoms with van der Waals surface area (Å²) in [5, 5.41) is 2.61. The van der Waals surface area contributed by atoms with E-state index in [1.807, 2.05) is 6.20 Å². The summed E-state index contributed by atoms with van der Waals surface area (Å²) in [5.41, 5.74) is 17.4. The van der Waals surface area contributed by atoms with Crippen molar-refractivity contribution in [1.29, 1.82) is 0 Å². The summed E-state index contributed by atoms with van der Waals surface area (Å²) in [6.07, 6.45) is 7.13. The highest BCUT2D eigenvalue weighted by molar-refractivity contribution is 5.86. The van der Waals surface area contributed by atoms with Crippen LogP contribution >= 0.6 is 0 Å². The molecular weight excluding hydrogens is 705 g/mol. The fourth-order valence-corrected chi connectivity index (χ4v) is 8.98. The lowest BCUT2D eigenvalue weighted by Gasteiger charge is -2.28. The molecule has 1 aliphatic heterocycles. The number of hydrogen-bond acceptors (Lipinski definition) is 3. The molecule has 0 fully saturated rings. The SMILES string of the molecule is Cc1cc(C)c2nc(C)cc(C(C)C)c2c1.Cc1ccc2c(c1)C(C(C)C)CCC2.Cc1ccc2c(c1)C(C(C)C)CCO2.Cc1cnc2cccc(C(C)C)c2c1. The summed E-state index contributed by atoms with van der Waals surface area (Å²) in [7, 11) is 0. The molecule has 2 unspecified atom stereocenters. The van der Waals surface area contributed by atoms with Crippen molar-refractivity contribution in [2.75, 3.05) is 6.61 Å². The Balaban J connectivity index is 0.000000148. The van der Waals surface area contributed by atoms with E-state index >= 15 is 0 Å². The fourth-order valence-electron chi connectivity index (χ4n) is 8.98. The molecule has 0 saturated carbocycles. The van der Waals surface area contributed by atoms with E-state index in [1.165, 1.54) is 74.5 Å². The van der Waals surface area contributed by atoms with Crippen LogP contribution in [0.1, 0.15) is 160 Å². The third kappa shape index (κ3) is 11.2. The molecule has 2 aliphatic rings. The van der Waals surface area contributed by atoms with Crippen molar-refractivity contribution in [3.8, 4) is 5.75 Å². The Morgan fingerprint density at radius 2 is 1.22 bits per heavy atom. The van der Waals surface area contributed by atoms with Gasteiger partial charge in [-0.15, -0.1) is 0 Å². The van der Waals surface area contributed by atoms with Crippen molar-refractivity contribution < 1.29 is 4.74 Å². The molecule has 0 bridgehead atoms. The van der Waals surface area contributed by atoms with E-state index in [0.717, 1.165) is 47.3 Å². The van der Waals surface area contributed by atoms with E-state index < -0.39 is 0 Å². The van der Waals surface area contributed by atoms with Crippen LogP contribution in [0.15, 0.2) is 85.1 Å². The monoisotopic (exact) mass is 777 g/mol. The molecule has 6 aromatic rings. The van der Waals surface area contributed by atoms with E-state index in [-0.39, 0.29) is 0 Å². The van der Waals surface area contributed by atoms with Crippen LogP contribution in [0.4, 0.5) is 0 Å². The first-order chi connectivity index (χ1) is 27.5. The molecule has 8 rings (SSSR count). The molecule has 0 spiro atoms. The number of ether oxygens (including phenoxy) is 1. The Labute approximate surface area is 352 Å². The zero-order valence-electron chi connectivity index (χ0n) is 38.4. The van der Waals surface area contributed by atoms with Crippen LogP contribution in [-0.2, 0) is 6.42 Å². The van der Waals surface area contributed by atoms with Gasteiger partial charge in [-0.05, 0) is 172 Å². The first-order valence-corrected chi connectivity index (χ1v) is 22.1.